The summed E-state index contributed by atoms with van der Waals surface area (Å²) in [5, 5.41) is 9.51. The molecule has 40 heavy (non-hydrogen) atoms. The molecular weight excluding hydrogens is 504 g/mol. The highest BCUT2D eigenvalue weighted by atomic mass is 16.5. The van der Waals surface area contributed by atoms with E-state index in [0.29, 0.717) is 37.8 Å². The van der Waals surface area contributed by atoms with E-state index in [4.69, 9.17) is 13.6 Å². The summed E-state index contributed by atoms with van der Waals surface area (Å²) in [4.78, 5) is 18.1. The van der Waals surface area contributed by atoms with Crippen LogP contribution >= 0.6 is 0 Å². The van der Waals surface area contributed by atoms with Crippen molar-refractivity contribution in [2.75, 3.05) is 13.2 Å². The van der Waals surface area contributed by atoms with Gasteiger partial charge in [0.1, 0.15) is 23.0 Å². The zero-order valence-corrected chi connectivity index (χ0v) is 22.7. The van der Waals surface area contributed by atoms with Gasteiger partial charge in [-0.3, -0.25) is 9.69 Å². The Morgan fingerprint density at radius 2 is 1.68 bits per heavy atom. The van der Waals surface area contributed by atoms with Gasteiger partial charge in [-0.25, -0.2) is 4.98 Å². The molecule has 0 unspecified atom stereocenters. The van der Waals surface area contributed by atoms with Crippen LogP contribution in [-0.2, 0) is 24.3 Å². The Bertz CT molecular complexity index is 1550. The minimum Gasteiger partial charge on any atom is -0.493 e. The Morgan fingerprint density at radius 3 is 2.45 bits per heavy atom. The quantitative estimate of drug-likeness (QED) is 0.185. The van der Waals surface area contributed by atoms with Crippen molar-refractivity contribution in [2.24, 2.45) is 0 Å². The highest BCUT2D eigenvalue weighted by Gasteiger charge is 2.15. The molecule has 0 spiro atoms. The van der Waals surface area contributed by atoms with Gasteiger partial charge in [0, 0.05) is 24.1 Å². The van der Waals surface area contributed by atoms with Crippen molar-refractivity contribution in [3.05, 3.63) is 119 Å². The molecule has 204 valence electrons. The number of carboxylic acid groups (broad SMARTS) is 1. The summed E-state index contributed by atoms with van der Waals surface area (Å²) in [6.07, 6.45) is 0.610. The monoisotopic (exact) mass is 536 g/mol. The molecule has 0 atom stereocenters. The normalized spacial score (nSPS) is 11.2. The average molecular weight is 537 g/mol. The Hall–Kier alpha value is -4.62. The number of hydrogen-bond acceptors (Lipinski definition) is 6. The van der Waals surface area contributed by atoms with Crippen molar-refractivity contribution in [1.82, 2.24) is 9.88 Å². The van der Waals surface area contributed by atoms with Crippen molar-refractivity contribution in [1.29, 1.82) is 0 Å². The van der Waals surface area contributed by atoms with Gasteiger partial charge in [0.15, 0.2) is 0 Å². The van der Waals surface area contributed by atoms with E-state index in [1.807, 2.05) is 110 Å². The minimum absolute atomic E-state index is 0.110. The van der Waals surface area contributed by atoms with Gasteiger partial charge in [-0.05, 0) is 55.8 Å². The van der Waals surface area contributed by atoms with E-state index in [9.17, 15) is 9.90 Å². The molecule has 0 aliphatic heterocycles. The van der Waals surface area contributed by atoms with Crippen LogP contribution in [0.2, 0.25) is 0 Å². The maximum absolute atomic E-state index is 11.6. The molecule has 1 N–H and O–H groups in total. The Kier molecular flexibility index (Phi) is 8.42. The molecule has 7 heteroatoms. The number of aryl methyl sites for hydroxylation is 2. The molecule has 2 aromatic heterocycles. The molecule has 0 saturated carbocycles. The zero-order valence-electron chi connectivity index (χ0n) is 22.7. The molecule has 0 amide bonds. The maximum Gasteiger partial charge on any atom is 0.317 e. The number of furan rings is 1. The van der Waals surface area contributed by atoms with Crippen molar-refractivity contribution in [3.63, 3.8) is 0 Å². The van der Waals surface area contributed by atoms with Gasteiger partial charge in [-0.2, -0.15) is 0 Å². The topological polar surface area (TPSA) is 88.9 Å². The molecule has 0 aliphatic carbocycles. The predicted molar refractivity (Wildman–Crippen MR) is 153 cm³/mol. The fourth-order valence-corrected chi connectivity index (χ4v) is 4.54. The number of nitrogens with zero attached hydrogens (tertiary/aromatic N) is 2. The summed E-state index contributed by atoms with van der Waals surface area (Å²) in [6.45, 7) is 5.10. The molecule has 5 aromatic rings. The largest absolute Gasteiger partial charge is 0.493 e. The van der Waals surface area contributed by atoms with Crippen LogP contribution < -0.4 is 4.74 Å². The molecule has 0 fully saturated rings. The summed E-state index contributed by atoms with van der Waals surface area (Å²) in [6, 6.07) is 29.5. The first-order valence-electron chi connectivity index (χ1n) is 13.3. The molecule has 0 bridgehead atoms. The SMILES string of the molecule is Cc1ccc(-c2ccc(CN(CC(=O)O)Cc3cccc(OCCc4nc(-c5ccccc5)oc4C)c3)o2)cc1. The van der Waals surface area contributed by atoms with Gasteiger partial charge >= 0.3 is 5.97 Å². The lowest BCUT2D eigenvalue weighted by Crippen LogP contribution is -2.28. The third-order valence-corrected chi connectivity index (χ3v) is 6.56. The summed E-state index contributed by atoms with van der Waals surface area (Å²) < 4.78 is 17.9. The standard InChI is InChI=1S/C33H32N2O5/c1-23-11-13-26(14-12-23)31-16-15-29(40-31)21-35(22-32(36)37)20-25-7-6-10-28(19-25)38-18-17-30-24(2)39-33(34-30)27-8-4-3-5-9-27/h3-16,19H,17-18,20-22H2,1-2H3,(H,36,37). The van der Waals surface area contributed by atoms with E-state index >= 15 is 0 Å². The zero-order chi connectivity index (χ0) is 27.9. The average Bonchev–Trinajstić information content (AvgIpc) is 3.56. The third-order valence-electron chi connectivity index (χ3n) is 6.56. The van der Waals surface area contributed by atoms with Crippen LogP contribution in [0.25, 0.3) is 22.8 Å². The van der Waals surface area contributed by atoms with Gasteiger partial charge < -0.3 is 18.7 Å². The van der Waals surface area contributed by atoms with Crippen molar-refractivity contribution in [2.45, 2.75) is 33.4 Å². The highest BCUT2D eigenvalue weighted by molar-refractivity contribution is 5.69. The number of hydrogen-bond donors (Lipinski definition) is 1. The number of ether oxygens (including phenoxy) is 1. The Balaban J connectivity index is 1.20. The van der Waals surface area contributed by atoms with Crippen LogP contribution in [0.5, 0.6) is 5.75 Å². The Morgan fingerprint density at radius 1 is 0.875 bits per heavy atom. The molecule has 0 radical (unpaired) electrons. The molecular formula is C33H32N2O5. The smallest absolute Gasteiger partial charge is 0.317 e. The van der Waals surface area contributed by atoms with Crippen LogP contribution in [0, 0.1) is 13.8 Å². The maximum atomic E-state index is 11.6. The van der Waals surface area contributed by atoms with Gasteiger partial charge in [0.05, 0.1) is 25.4 Å². The van der Waals surface area contributed by atoms with Crippen molar-refractivity contribution in [3.8, 4) is 28.5 Å². The number of carbonyl (C=O) groups is 1. The number of aliphatic carboxylic acids is 1. The number of rotatable bonds is 12. The first-order valence-corrected chi connectivity index (χ1v) is 13.3. The second-order valence-corrected chi connectivity index (χ2v) is 9.80. The number of oxazole rings is 1. The van der Waals surface area contributed by atoms with Gasteiger partial charge in [-0.1, -0.05) is 60.2 Å². The van der Waals surface area contributed by atoms with Crippen LogP contribution in [0.1, 0.15) is 28.3 Å². The summed E-state index contributed by atoms with van der Waals surface area (Å²) in [7, 11) is 0. The lowest BCUT2D eigenvalue weighted by molar-refractivity contribution is -0.138. The van der Waals surface area contributed by atoms with Crippen molar-refractivity contribution >= 4 is 5.97 Å². The molecule has 2 heterocycles. The minimum atomic E-state index is -0.893. The van der Waals surface area contributed by atoms with Gasteiger partial charge in [-0.15, -0.1) is 0 Å². The molecule has 0 aliphatic rings. The second kappa shape index (κ2) is 12.5. The van der Waals surface area contributed by atoms with E-state index in [2.05, 4.69) is 4.98 Å². The number of carboxylic acids is 1. The Labute approximate surface area is 233 Å². The number of benzene rings is 3. The number of aromatic nitrogens is 1. The summed E-state index contributed by atoms with van der Waals surface area (Å²) >= 11 is 0. The highest BCUT2D eigenvalue weighted by Crippen LogP contribution is 2.25. The lowest BCUT2D eigenvalue weighted by Gasteiger charge is -2.19. The van der Waals surface area contributed by atoms with E-state index in [1.165, 1.54) is 5.56 Å². The lowest BCUT2D eigenvalue weighted by atomic mass is 10.1. The molecule has 7 nitrogen and oxygen atoms in total. The predicted octanol–water partition coefficient (Wildman–Crippen LogP) is 6.93. The fourth-order valence-electron chi connectivity index (χ4n) is 4.54. The van der Waals surface area contributed by atoms with Crippen molar-refractivity contribution < 1.29 is 23.5 Å². The molecule has 5 rings (SSSR count). The first-order chi connectivity index (χ1) is 19.4. The van der Waals surface area contributed by atoms with E-state index in [0.717, 1.165) is 39.7 Å². The van der Waals surface area contributed by atoms with E-state index in [-0.39, 0.29) is 6.54 Å². The molecule has 3 aromatic carbocycles. The van der Waals surface area contributed by atoms with Gasteiger partial charge in [0.25, 0.3) is 0 Å². The van der Waals surface area contributed by atoms with E-state index < -0.39 is 5.97 Å². The van der Waals surface area contributed by atoms with Crippen LogP contribution in [0.15, 0.2) is 99.8 Å². The van der Waals surface area contributed by atoms with E-state index in [1.54, 1.807) is 0 Å². The van der Waals surface area contributed by atoms with Gasteiger partial charge in [0.2, 0.25) is 5.89 Å². The fraction of sp³-hybridized carbons (Fsp3) is 0.212. The summed E-state index contributed by atoms with van der Waals surface area (Å²) in [5.74, 6) is 2.69. The molecule has 0 saturated heterocycles. The van der Waals surface area contributed by atoms with Crippen LogP contribution in [0.3, 0.4) is 0 Å². The van der Waals surface area contributed by atoms with Crippen LogP contribution in [0.4, 0.5) is 0 Å². The first kappa shape index (κ1) is 27.0. The second-order valence-electron chi connectivity index (χ2n) is 9.80. The third kappa shape index (κ3) is 7.07. The van der Waals surface area contributed by atoms with Crippen LogP contribution in [-0.4, -0.2) is 34.1 Å². The summed E-state index contributed by atoms with van der Waals surface area (Å²) in [5.41, 5.74) is 4.93.